The van der Waals surface area contributed by atoms with E-state index in [1.807, 2.05) is 0 Å². The molecule has 0 amide bonds. The van der Waals surface area contributed by atoms with Gasteiger partial charge in [-0.05, 0) is 10.8 Å². The minimum absolute atomic E-state index is 1.21. The third-order valence-electron chi connectivity index (χ3n) is 5.35. The second-order valence-corrected chi connectivity index (χ2v) is 17.7. The van der Waals surface area contributed by atoms with Gasteiger partial charge < -0.3 is 0 Å². The van der Waals surface area contributed by atoms with Crippen LogP contribution in [0.25, 0.3) is 10.8 Å². The molecular weight excluding hydrogens is 284 g/mol. The van der Waals surface area contributed by atoms with Crippen molar-refractivity contribution in [3.8, 4) is 0 Å². The Labute approximate surface area is 132 Å². The van der Waals surface area contributed by atoms with Crippen LogP contribution < -0.4 is 10.4 Å². The molecule has 0 aromatic heterocycles. The van der Waals surface area contributed by atoms with Crippen molar-refractivity contribution in [2.24, 2.45) is 0 Å². The lowest BCUT2D eigenvalue weighted by atomic mass is 10.1. The van der Waals surface area contributed by atoms with Crippen molar-refractivity contribution in [2.75, 3.05) is 0 Å². The topological polar surface area (TPSA) is 0 Å². The fraction of sp³-hybridized carbons (Fsp3) is 0.474. The van der Waals surface area contributed by atoms with Gasteiger partial charge in [-0.2, -0.15) is 0 Å². The summed E-state index contributed by atoms with van der Waals surface area (Å²) >= 11 is 0. The van der Waals surface area contributed by atoms with E-state index in [4.69, 9.17) is 0 Å². The van der Waals surface area contributed by atoms with Crippen LogP contribution in [0.1, 0.15) is 20.8 Å². The van der Waals surface area contributed by atoms with E-state index in [0.717, 1.165) is 0 Å². The molecule has 0 saturated carbocycles. The summed E-state index contributed by atoms with van der Waals surface area (Å²) in [5.74, 6) is 0. The van der Waals surface area contributed by atoms with Crippen LogP contribution in [0.5, 0.6) is 0 Å². The summed E-state index contributed by atoms with van der Waals surface area (Å²) in [6.45, 7) is 14.4. The molecule has 0 bridgehead atoms. The van der Waals surface area contributed by atoms with Crippen LogP contribution in [-0.4, -0.2) is 16.1 Å². The first-order valence-corrected chi connectivity index (χ1v) is 14.5. The zero-order chi connectivity index (χ0) is 15.7. The molecule has 0 aliphatic heterocycles. The molecule has 0 spiro atoms. The lowest BCUT2D eigenvalue weighted by molar-refractivity contribution is 1.20. The number of benzene rings is 2. The Kier molecular flexibility index (Phi) is 4.79. The van der Waals surface area contributed by atoms with Gasteiger partial charge in [0.05, 0.1) is 16.1 Å². The first-order chi connectivity index (χ1) is 9.86. The number of hydrogen-bond donors (Lipinski definition) is 0. The molecule has 2 rings (SSSR count). The quantitative estimate of drug-likeness (QED) is 0.674. The van der Waals surface area contributed by atoms with Crippen molar-refractivity contribution in [2.45, 2.75) is 58.5 Å². The maximum Gasteiger partial charge on any atom is 0.0859 e. The second kappa shape index (κ2) is 6.09. The van der Waals surface area contributed by atoms with Crippen LogP contribution in [0.3, 0.4) is 0 Å². The molecule has 0 fully saturated rings. The molecule has 114 valence electrons. The first kappa shape index (κ1) is 16.5. The lowest BCUT2D eigenvalue weighted by Crippen LogP contribution is -2.45. The van der Waals surface area contributed by atoms with E-state index < -0.39 is 16.1 Å². The number of hydrogen-bond acceptors (Lipinski definition) is 0. The van der Waals surface area contributed by atoms with Gasteiger partial charge >= 0.3 is 0 Å². The SMILES string of the molecule is CC[Si](CC)(CC)c1ccc2cc([Si](C)(C)C)ccc2c1. The Hall–Kier alpha value is -0.866. The highest BCUT2D eigenvalue weighted by Gasteiger charge is 2.29. The summed E-state index contributed by atoms with van der Waals surface area (Å²) in [6, 6.07) is 18.5. The van der Waals surface area contributed by atoms with Crippen molar-refractivity contribution in [3.05, 3.63) is 36.4 Å². The molecule has 0 radical (unpaired) electrons. The van der Waals surface area contributed by atoms with Gasteiger partial charge in [0.25, 0.3) is 0 Å². The highest BCUT2D eigenvalue weighted by atomic mass is 28.3. The molecule has 2 heteroatoms. The summed E-state index contributed by atoms with van der Waals surface area (Å²) < 4.78 is 0. The van der Waals surface area contributed by atoms with Gasteiger partial charge in [-0.3, -0.25) is 0 Å². The maximum absolute atomic E-state index is 2.49. The zero-order valence-electron chi connectivity index (χ0n) is 14.6. The summed E-state index contributed by atoms with van der Waals surface area (Å²) in [5.41, 5.74) is 0. The third kappa shape index (κ3) is 3.16. The predicted molar refractivity (Wildman–Crippen MR) is 104 cm³/mol. The summed E-state index contributed by atoms with van der Waals surface area (Å²) in [7, 11) is -2.47. The minimum atomic E-state index is -1.25. The average molecular weight is 315 g/mol. The fourth-order valence-corrected chi connectivity index (χ4v) is 8.20. The first-order valence-electron chi connectivity index (χ1n) is 8.41. The van der Waals surface area contributed by atoms with Gasteiger partial charge in [-0.1, -0.05) is 105 Å². The van der Waals surface area contributed by atoms with Crippen LogP contribution >= 0.6 is 0 Å². The zero-order valence-corrected chi connectivity index (χ0v) is 16.6. The molecule has 2 aromatic rings. The van der Waals surface area contributed by atoms with Gasteiger partial charge in [-0.15, -0.1) is 0 Å². The molecule has 0 nitrogen and oxygen atoms in total. The van der Waals surface area contributed by atoms with Crippen LogP contribution in [0, 0.1) is 0 Å². The fourth-order valence-electron chi connectivity index (χ4n) is 3.40. The van der Waals surface area contributed by atoms with Crippen LogP contribution in [0.2, 0.25) is 37.8 Å². The van der Waals surface area contributed by atoms with Crippen molar-refractivity contribution in [1.29, 1.82) is 0 Å². The largest absolute Gasteiger partial charge is 0.0859 e. The number of fused-ring (bicyclic) bond motifs is 1. The third-order valence-corrected chi connectivity index (χ3v) is 13.0. The van der Waals surface area contributed by atoms with Gasteiger partial charge in [0, 0.05) is 0 Å². The normalized spacial score (nSPS) is 12.9. The molecule has 21 heavy (non-hydrogen) atoms. The van der Waals surface area contributed by atoms with Gasteiger partial charge in [0.2, 0.25) is 0 Å². The maximum atomic E-state index is 2.49. The summed E-state index contributed by atoms with van der Waals surface area (Å²) in [6.07, 6.45) is 0. The van der Waals surface area contributed by atoms with Crippen LogP contribution in [-0.2, 0) is 0 Å². The predicted octanol–water partition coefficient (Wildman–Crippen LogP) is 5.10. The van der Waals surface area contributed by atoms with E-state index in [-0.39, 0.29) is 0 Å². The van der Waals surface area contributed by atoms with Gasteiger partial charge in [0.1, 0.15) is 0 Å². The standard InChI is InChI=1S/C19H30Si2/c1-7-21(8-2,9-3)19-13-11-16-14-18(20(4,5)6)12-10-17(16)15-19/h10-15H,7-9H2,1-6H3. The van der Waals surface area contributed by atoms with E-state index in [9.17, 15) is 0 Å². The van der Waals surface area contributed by atoms with E-state index in [1.54, 1.807) is 10.4 Å². The highest BCUT2D eigenvalue weighted by Crippen LogP contribution is 2.22. The van der Waals surface area contributed by atoms with Gasteiger partial charge in [-0.25, -0.2) is 0 Å². The smallest absolute Gasteiger partial charge is 0.0675 e. The minimum Gasteiger partial charge on any atom is -0.0675 e. The van der Waals surface area contributed by atoms with Gasteiger partial charge in [0.15, 0.2) is 0 Å². The van der Waals surface area contributed by atoms with Crippen molar-refractivity contribution >= 4 is 37.3 Å². The highest BCUT2D eigenvalue weighted by molar-refractivity contribution is 6.92. The number of rotatable bonds is 5. The summed E-state index contributed by atoms with van der Waals surface area (Å²) in [4.78, 5) is 0. The molecular formula is C19H30Si2. The molecule has 0 saturated heterocycles. The molecule has 0 heterocycles. The molecule has 0 aliphatic rings. The van der Waals surface area contributed by atoms with Crippen molar-refractivity contribution in [1.82, 2.24) is 0 Å². The Balaban J connectivity index is 2.53. The Bertz CT molecular complexity index is 611. The van der Waals surface area contributed by atoms with Crippen molar-refractivity contribution < 1.29 is 0 Å². The summed E-state index contributed by atoms with van der Waals surface area (Å²) in [5, 5.41) is 6.07. The Morgan fingerprint density at radius 2 is 1.10 bits per heavy atom. The Morgan fingerprint density at radius 3 is 1.52 bits per heavy atom. The van der Waals surface area contributed by atoms with Crippen LogP contribution in [0.15, 0.2) is 36.4 Å². The molecule has 0 N–H and O–H groups in total. The lowest BCUT2D eigenvalue weighted by Gasteiger charge is -2.29. The Morgan fingerprint density at radius 1 is 0.667 bits per heavy atom. The van der Waals surface area contributed by atoms with E-state index in [0.29, 0.717) is 0 Å². The van der Waals surface area contributed by atoms with Crippen molar-refractivity contribution in [3.63, 3.8) is 0 Å². The molecule has 0 atom stereocenters. The van der Waals surface area contributed by atoms with Crippen LogP contribution in [0.4, 0.5) is 0 Å². The molecule has 0 aliphatic carbocycles. The molecule has 0 unspecified atom stereocenters. The average Bonchev–Trinajstić information content (AvgIpc) is 2.48. The van der Waals surface area contributed by atoms with E-state index in [1.165, 1.54) is 28.9 Å². The molecule has 2 aromatic carbocycles. The van der Waals surface area contributed by atoms with E-state index >= 15 is 0 Å². The monoisotopic (exact) mass is 314 g/mol. The second-order valence-electron chi connectivity index (χ2n) is 7.37. The van der Waals surface area contributed by atoms with E-state index in [2.05, 4.69) is 76.8 Å².